The van der Waals surface area contributed by atoms with Crippen LogP contribution in [-0.4, -0.2) is 46.5 Å². The van der Waals surface area contributed by atoms with Crippen LogP contribution in [0.2, 0.25) is 0 Å². The Kier molecular flexibility index (Phi) is 4.76. The summed E-state index contributed by atoms with van der Waals surface area (Å²) in [4.78, 5) is 27.4. The third-order valence-corrected chi connectivity index (χ3v) is 7.03. The van der Waals surface area contributed by atoms with Gasteiger partial charge < -0.3 is 10.2 Å². The minimum absolute atomic E-state index is 0.110. The Morgan fingerprint density at radius 3 is 2.65 bits per heavy atom. The Balaban J connectivity index is 1.32. The van der Waals surface area contributed by atoms with Gasteiger partial charge in [-0.1, -0.05) is 19.8 Å². The fourth-order valence-corrected chi connectivity index (χ4v) is 5.28. The van der Waals surface area contributed by atoms with Crippen molar-refractivity contribution in [3.05, 3.63) is 17.5 Å². The fraction of sp³-hybridized carbons (Fsp3) is 0.750. The van der Waals surface area contributed by atoms with Crippen molar-refractivity contribution < 1.29 is 9.59 Å². The highest BCUT2D eigenvalue weighted by molar-refractivity contribution is 5.93. The lowest BCUT2D eigenvalue weighted by molar-refractivity contribution is -0.140. The van der Waals surface area contributed by atoms with Crippen molar-refractivity contribution in [3.63, 3.8) is 0 Å². The predicted octanol–water partition coefficient (Wildman–Crippen LogP) is 2.37. The van der Waals surface area contributed by atoms with E-state index in [4.69, 9.17) is 0 Å². The van der Waals surface area contributed by atoms with Crippen molar-refractivity contribution in [1.82, 2.24) is 20.4 Å². The number of hydrogen-bond acceptors (Lipinski definition) is 3. The van der Waals surface area contributed by atoms with Gasteiger partial charge in [0.1, 0.15) is 5.69 Å². The van der Waals surface area contributed by atoms with E-state index in [9.17, 15) is 9.59 Å². The highest BCUT2D eigenvalue weighted by atomic mass is 16.2. The number of carbonyl (C=O) groups is 2. The van der Waals surface area contributed by atoms with E-state index in [0.717, 1.165) is 31.0 Å². The van der Waals surface area contributed by atoms with Crippen molar-refractivity contribution in [2.45, 2.75) is 46.0 Å². The molecular weight excluding hydrogens is 328 g/mol. The van der Waals surface area contributed by atoms with Crippen LogP contribution in [0.25, 0.3) is 0 Å². The molecule has 4 aliphatic rings. The molecule has 3 atom stereocenters. The highest BCUT2D eigenvalue weighted by Crippen LogP contribution is 2.46. The molecular formula is C20H30N4O2. The number of aromatic amines is 1. The molecule has 3 aliphatic carbocycles. The lowest BCUT2D eigenvalue weighted by atomic mass is 9.64. The number of fused-ring (bicyclic) bond motifs is 3. The number of rotatable bonds is 4. The summed E-state index contributed by atoms with van der Waals surface area (Å²) in [6.07, 6.45) is 7.90. The van der Waals surface area contributed by atoms with Crippen molar-refractivity contribution in [2.75, 3.05) is 19.6 Å². The van der Waals surface area contributed by atoms with Crippen LogP contribution in [0.5, 0.6) is 0 Å². The van der Waals surface area contributed by atoms with Gasteiger partial charge in [0, 0.05) is 25.6 Å². The van der Waals surface area contributed by atoms with E-state index >= 15 is 0 Å². The molecule has 0 spiro atoms. The molecule has 2 heterocycles. The monoisotopic (exact) mass is 358 g/mol. The van der Waals surface area contributed by atoms with Gasteiger partial charge in [-0.15, -0.1) is 0 Å². The number of carbonyl (C=O) groups excluding carboxylic acids is 2. The van der Waals surface area contributed by atoms with Crippen molar-refractivity contribution in [2.24, 2.45) is 29.6 Å². The normalized spacial score (nSPS) is 33.5. The quantitative estimate of drug-likeness (QED) is 0.867. The molecule has 2 N–H and O–H groups in total. The van der Waals surface area contributed by atoms with Crippen LogP contribution >= 0.6 is 0 Å². The number of aromatic nitrogens is 2. The maximum atomic E-state index is 13.1. The molecule has 0 radical (unpaired) electrons. The number of aryl methyl sites for hydroxylation is 1. The summed E-state index contributed by atoms with van der Waals surface area (Å²) in [5.41, 5.74) is 1.38. The van der Waals surface area contributed by atoms with E-state index < -0.39 is 0 Å². The second kappa shape index (κ2) is 7.05. The standard InChI is InChI=1S/C20H30N4O2/c1-12-8-22-23-18(12)19(25)21-9-16-11-24(10-13(16)2)20(26)17-7-14-3-5-15(17)6-4-14/h8,13-17H,3-7,9-11H2,1-2H3,(H,21,25)(H,22,23). The molecule has 4 fully saturated rings. The summed E-state index contributed by atoms with van der Waals surface area (Å²) in [5.74, 6) is 2.67. The Morgan fingerprint density at radius 1 is 1.27 bits per heavy atom. The van der Waals surface area contributed by atoms with Gasteiger partial charge in [-0.05, 0) is 55.4 Å². The van der Waals surface area contributed by atoms with Gasteiger partial charge >= 0.3 is 0 Å². The number of amides is 2. The van der Waals surface area contributed by atoms with Gasteiger partial charge in [0.25, 0.3) is 5.91 Å². The van der Waals surface area contributed by atoms with Crippen LogP contribution in [0.15, 0.2) is 6.20 Å². The van der Waals surface area contributed by atoms with Gasteiger partial charge in [-0.2, -0.15) is 5.10 Å². The lowest BCUT2D eigenvalue weighted by Crippen LogP contribution is -2.43. The first kappa shape index (κ1) is 17.6. The third kappa shape index (κ3) is 3.26. The van der Waals surface area contributed by atoms with E-state index in [1.165, 1.54) is 25.7 Å². The Hall–Kier alpha value is -1.85. The Bertz CT molecular complexity index is 677. The number of likely N-dealkylation sites (tertiary alicyclic amines) is 1. The first-order valence-electron chi connectivity index (χ1n) is 10.1. The summed E-state index contributed by atoms with van der Waals surface area (Å²) in [5, 5.41) is 9.67. The van der Waals surface area contributed by atoms with Crippen LogP contribution in [0, 0.1) is 36.5 Å². The second-order valence-corrected chi connectivity index (χ2v) is 8.74. The molecule has 1 saturated heterocycles. The summed E-state index contributed by atoms with van der Waals surface area (Å²) in [7, 11) is 0. The van der Waals surface area contributed by atoms with Gasteiger partial charge in [-0.25, -0.2) is 0 Å². The molecule has 0 aromatic carbocycles. The first-order valence-corrected chi connectivity index (χ1v) is 10.1. The Morgan fingerprint density at radius 2 is 2.04 bits per heavy atom. The average Bonchev–Trinajstić information content (AvgIpc) is 3.25. The smallest absolute Gasteiger partial charge is 0.269 e. The minimum Gasteiger partial charge on any atom is -0.350 e. The molecule has 142 valence electrons. The van der Waals surface area contributed by atoms with Gasteiger partial charge in [0.05, 0.1) is 6.20 Å². The molecule has 26 heavy (non-hydrogen) atoms. The van der Waals surface area contributed by atoms with Crippen LogP contribution in [0.1, 0.15) is 55.1 Å². The Labute approximate surface area is 155 Å². The highest BCUT2D eigenvalue weighted by Gasteiger charge is 2.43. The molecule has 1 aromatic heterocycles. The largest absolute Gasteiger partial charge is 0.350 e. The van der Waals surface area contributed by atoms with Crippen LogP contribution in [0.4, 0.5) is 0 Å². The van der Waals surface area contributed by atoms with E-state index in [0.29, 0.717) is 35.9 Å². The van der Waals surface area contributed by atoms with E-state index in [1.807, 2.05) is 6.92 Å². The molecule has 3 unspecified atom stereocenters. The second-order valence-electron chi connectivity index (χ2n) is 8.74. The molecule has 3 saturated carbocycles. The van der Waals surface area contributed by atoms with Crippen molar-refractivity contribution >= 4 is 11.8 Å². The number of hydrogen-bond donors (Lipinski definition) is 2. The van der Waals surface area contributed by atoms with Crippen LogP contribution < -0.4 is 5.32 Å². The molecule has 6 nitrogen and oxygen atoms in total. The van der Waals surface area contributed by atoms with Crippen LogP contribution in [0.3, 0.4) is 0 Å². The lowest BCUT2D eigenvalue weighted by Gasteiger charge is -2.42. The molecule has 1 aromatic rings. The molecule has 5 rings (SSSR count). The van der Waals surface area contributed by atoms with Crippen molar-refractivity contribution in [3.8, 4) is 0 Å². The SMILES string of the molecule is Cc1cn[nH]c1C(=O)NCC1CN(C(=O)C2CC3CCC2CC3)CC1C. The molecule has 1 aliphatic heterocycles. The summed E-state index contributed by atoms with van der Waals surface area (Å²) >= 11 is 0. The summed E-state index contributed by atoms with van der Waals surface area (Å²) < 4.78 is 0. The maximum Gasteiger partial charge on any atom is 0.269 e. The van der Waals surface area contributed by atoms with Gasteiger partial charge in [0.15, 0.2) is 0 Å². The zero-order valence-corrected chi connectivity index (χ0v) is 15.8. The topological polar surface area (TPSA) is 78.1 Å². The predicted molar refractivity (Wildman–Crippen MR) is 98.4 cm³/mol. The molecule has 2 bridgehead atoms. The minimum atomic E-state index is -0.110. The fourth-order valence-electron chi connectivity index (χ4n) is 5.28. The van der Waals surface area contributed by atoms with Crippen molar-refractivity contribution in [1.29, 1.82) is 0 Å². The number of H-pyrrole nitrogens is 1. The number of nitrogens with zero attached hydrogens (tertiary/aromatic N) is 2. The summed E-state index contributed by atoms with van der Waals surface area (Å²) in [6, 6.07) is 0. The summed E-state index contributed by atoms with van der Waals surface area (Å²) in [6.45, 7) is 6.28. The average molecular weight is 358 g/mol. The van der Waals surface area contributed by atoms with E-state index in [1.54, 1.807) is 6.20 Å². The third-order valence-electron chi connectivity index (χ3n) is 7.03. The van der Waals surface area contributed by atoms with Gasteiger partial charge in [-0.3, -0.25) is 14.7 Å². The molecule has 2 amide bonds. The number of nitrogens with one attached hydrogen (secondary N) is 2. The van der Waals surface area contributed by atoms with E-state index in [-0.39, 0.29) is 11.8 Å². The van der Waals surface area contributed by atoms with Crippen LogP contribution in [-0.2, 0) is 4.79 Å². The van der Waals surface area contributed by atoms with Gasteiger partial charge in [0.2, 0.25) is 5.91 Å². The van der Waals surface area contributed by atoms with E-state index in [2.05, 4.69) is 27.3 Å². The first-order chi connectivity index (χ1) is 12.5. The molecule has 6 heteroatoms. The maximum absolute atomic E-state index is 13.1. The zero-order chi connectivity index (χ0) is 18.3. The zero-order valence-electron chi connectivity index (χ0n) is 15.8.